The third-order valence-corrected chi connectivity index (χ3v) is 9.45. The molecule has 1 aromatic rings. The van der Waals surface area contributed by atoms with Crippen LogP contribution in [0.25, 0.3) is 0 Å². The highest BCUT2D eigenvalue weighted by molar-refractivity contribution is 5.50. The SMILES string of the molecule is CNC1CCC23CCC1C21CCN(CC2CC2)C3Cc2ccc(OC)cc21. The molecule has 1 heterocycles. The van der Waals surface area contributed by atoms with Gasteiger partial charge in [-0.3, -0.25) is 4.90 Å². The van der Waals surface area contributed by atoms with Crippen LogP contribution in [0.1, 0.15) is 56.1 Å². The number of hydrogen-bond donors (Lipinski definition) is 1. The van der Waals surface area contributed by atoms with E-state index in [0.29, 0.717) is 16.9 Å². The Hall–Kier alpha value is -1.06. The first-order chi connectivity index (χ1) is 13.2. The number of piperidine rings is 1. The zero-order valence-electron chi connectivity index (χ0n) is 17.0. The zero-order chi connectivity index (χ0) is 18.2. The summed E-state index contributed by atoms with van der Waals surface area (Å²) in [6, 6.07) is 8.50. The van der Waals surface area contributed by atoms with Gasteiger partial charge in [0.1, 0.15) is 5.75 Å². The normalized spacial score (nSPS) is 42.5. The van der Waals surface area contributed by atoms with Crippen LogP contribution in [0.2, 0.25) is 0 Å². The zero-order valence-corrected chi connectivity index (χ0v) is 17.0. The van der Waals surface area contributed by atoms with Crippen molar-refractivity contribution in [3.63, 3.8) is 0 Å². The number of fused-ring (bicyclic) bond motifs is 1. The highest BCUT2D eigenvalue weighted by Crippen LogP contribution is 2.72. The first kappa shape index (κ1) is 16.9. The number of ether oxygens (including phenoxy) is 1. The van der Waals surface area contributed by atoms with E-state index in [4.69, 9.17) is 4.74 Å². The molecule has 6 rings (SSSR count). The van der Waals surface area contributed by atoms with Crippen molar-refractivity contribution in [1.29, 1.82) is 0 Å². The Morgan fingerprint density at radius 3 is 2.78 bits per heavy atom. The van der Waals surface area contributed by atoms with Crippen molar-refractivity contribution in [2.24, 2.45) is 17.3 Å². The molecule has 1 saturated heterocycles. The molecule has 4 aliphatic carbocycles. The minimum absolute atomic E-state index is 0.381. The first-order valence-corrected chi connectivity index (χ1v) is 11.3. The van der Waals surface area contributed by atoms with Crippen molar-refractivity contribution in [1.82, 2.24) is 10.2 Å². The molecule has 3 nitrogen and oxygen atoms in total. The molecule has 4 bridgehead atoms. The number of hydrogen-bond acceptors (Lipinski definition) is 3. The highest BCUT2D eigenvalue weighted by atomic mass is 16.5. The second-order valence-corrected chi connectivity index (χ2v) is 10.1. The van der Waals surface area contributed by atoms with E-state index in [9.17, 15) is 0 Å². The summed E-state index contributed by atoms with van der Waals surface area (Å²) in [5.74, 6) is 2.85. The maximum absolute atomic E-state index is 5.69. The molecule has 1 N–H and O–H groups in total. The Morgan fingerprint density at radius 2 is 2.00 bits per heavy atom. The van der Waals surface area contributed by atoms with Gasteiger partial charge in [0.15, 0.2) is 0 Å². The second-order valence-electron chi connectivity index (χ2n) is 10.1. The molecular weight excluding hydrogens is 332 g/mol. The van der Waals surface area contributed by atoms with Gasteiger partial charge in [-0.25, -0.2) is 0 Å². The van der Waals surface area contributed by atoms with Crippen LogP contribution in [0.15, 0.2) is 18.2 Å². The Bertz CT molecular complexity index is 759. The summed E-state index contributed by atoms with van der Waals surface area (Å²) in [6.07, 6.45) is 11.2. The van der Waals surface area contributed by atoms with Gasteiger partial charge >= 0.3 is 0 Å². The Morgan fingerprint density at radius 1 is 1.15 bits per heavy atom. The Labute approximate surface area is 163 Å². The molecular formula is C24H34N2O. The summed E-state index contributed by atoms with van der Waals surface area (Å²) in [5, 5.41) is 3.73. The Balaban J connectivity index is 1.53. The number of benzene rings is 1. The highest BCUT2D eigenvalue weighted by Gasteiger charge is 2.71. The van der Waals surface area contributed by atoms with Gasteiger partial charge < -0.3 is 10.1 Å². The predicted octanol–water partition coefficient (Wildman–Crippen LogP) is 3.75. The molecule has 3 heteroatoms. The fourth-order valence-electron chi connectivity index (χ4n) is 8.26. The summed E-state index contributed by atoms with van der Waals surface area (Å²) in [5.41, 5.74) is 4.19. The molecule has 1 aliphatic heterocycles. The molecule has 1 aromatic carbocycles. The van der Waals surface area contributed by atoms with E-state index >= 15 is 0 Å². The molecule has 0 spiro atoms. The molecule has 3 saturated carbocycles. The van der Waals surface area contributed by atoms with Crippen molar-refractivity contribution in [3.8, 4) is 5.75 Å². The second kappa shape index (κ2) is 5.73. The molecule has 146 valence electrons. The van der Waals surface area contributed by atoms with Crippen molar-refractivity contribution in [3.05, 3.63) is 29.3 Å². The first-order valence-electron chi connectivity index (χ1n) is 11.3. The Kier molecular flexibility index (Phi) is 3.58. The van der Waals surface area contributed by atoms with Crippen LogP contribution >= 0.6 is 0 Å². The van der Waals surface area contributed by atoms with Gasteiger partial charge in [-0.2, -0.15) is 0 Å². The van der Waals surface area contributed by atoms with Crippen LogP contribution in [0, 0.1) is 17.3 Å². The van der Waals surface area contributed by atoms with Crippen LogP contribution in [-0.4, -0.2) is 44.2 Å². The van der Waals surface area contributed by atoms with Crippen LogP contribution < -0.4 is 10.1 Å². The fourth-order valence-corrected chi connectivity index (χ4v) is 8.26. The molecule has 0 radical (unpaired) electrons. The molecule has 5 unspecified atom stereocenters. The quantitative estimate of drug-likeness (QED) is 0.878. The lowest BCUT2D eigenvalue weighted by atomic mass is 9.43. The van der Waals surface area contributed by atoms with E-state index in [1.807, 2.05) is 7.11 Å². The van der Waals surface area contributed by atoms with Crippen LogP contribution in [0.5, 0.6) is 5.75 Å². The summed E-state index contributed by atoms with van der Waals surface area (Å²) in [6.45, 7) is 2.68. The standard InChI is InChI=1S/C24H34N2O/c1-25-21-8-10-23-9-7-19(21)24(23)11-12-26(15-16-3-4-16)22(23)13-17-5-6-18(27-2)14-20(17)24/h5-6,14,16,19,21-22,25H,3-4,7-13,15H2,1-2H3. The lowest BCUT2D eigenvalue weighted by molar-refractivity contribution is -0.0950. The number of rotatable bonds is 4. The average molecular weight is 367 g/mol. The fraction of sp³-hybridized carbons (Fsp3) is 0.750. The summed E-state index contributed by atoms with van der Waals surface area (Å²) in [4.78, 5) is 2.95. The van der Waals surface area contributed by atoms with Crippen molar-refractivity contribution < 1.29 is 4.74 Å². The minimum atomic E-state index is 0.381. The topological polar surface area (TPSA) is 24.5 Å². The molecule has 27 heavy (non-hydrogen) atoms. The van der Waals surface area contributed by atoms with Crippen molar-refractivity contribution in [2.45, 2.75) is 68.9 Å². The number of likely N-dealkylation sites (tertiary alicyclic amines) is 1. The van der Waals surface area contributed by atoms with E-state index in [0.717, 1.165) is 23.6 Å². The third-order valence-electron chi connectivity index (χ3n) is 9.45. The van der Waals surface area contributed by atoms with Gasteiger partial charge in [0, 0.05) is 24.0 Å². The summed E-state index contributed by atoms with van der Waals surface area (Å²) >= 11 is 0. The molecule has 5 atom stereocenters. The summed E-state index contributed by atoms with van der Waals surface area (Å²) in [7, 11) is 4.02. The molecule has 0 aromatic heterocycles. The predicted molar refractivity (Wildman–Crippen MR) is 108 cm³/mol. The number of nitrogens with zero attached hydrogens (tertiary/aromatic N) is 1. The van der Waals surface area contributed by atoms with Crippen molar-refractivity contribution >= 4 is 0 Å². The molecule has 4 fully saturated rings. The third kappa shape index (κ3) is 2.05. The van der Waals surface area contributed by atoms with Gasteiger partial charge in [-0.05, 0) is 105 Å². The monoisotopic (exact) mass is 366 g/mol. The van der Waals surface area contributed by atoms with Crippen molar-refractivity contribution in [2.75, 3.05) is 27.2 Å². The van der Waals surface area contributed by atoms with Gasteiger partial charge in [0.25, 0.3) is 0 Å². The van der Waals surface area contributed by atoms with Crippen LogP contribution in [0.3, 0.4) is 0 Å². The largest absolute Gasteiger partial charge is 0.497 e. The molecule has 0 amide bonds. The summed E-state index contributed by atoms with van der Waals surface area (Å²) < 4.78 is 5.69. The smallest absolute Gasteiger partial charge is 0.119 e. The lowest BCUT2D eigenvalue weighted by Gasteiger charge is -2.66. The maximum Gasteiger partial charge on any atom is 0.119 e. The van der Waals surface area contributed by atoms with Gasteiger partial charge in [0.2, 0.25) is 0 Å². The van der Waals surface area contributed by atoms with Gasteiger partial charge in [0.05, 0.1) is 7.11 Å². The average Bonchev–Trinajstić information content (AvgIpc) is 3.47. The van der Waals surface area contributed by atoms with E-state index in [-0.39, 0.29) is 0 Å². The van der Waals surface area contributed by atoms with E-state index < -0.39 is 0 Å². The van der Waals surface area contributed by atoms with E-state index in [1.165, 1.54) is 64.5 Å². The van der Waals surface area contributed by atoms with E-state index in [2.05, 4.69) is 35.5 Å². The van der Waals surface area contributed by atoms with Gasteiger partial charge in [-0.15, -0.1) is 0 Å². The van der Waals surface area contributed by atoms with Crippen LogP contribution in [0.4, 0.5) is 0 Å². The lowest BCUT2D eigenvalue weighted by Crippen LogP contribution is -2.69. The number of nitrogens with one attached hydrogen (secondary N) is 1. The number of methoxy groups -OCH3 is 1. The molecule has 5 aliphatic rings. The van der Waals surface area contributed by atoms with Crippen LogP contribution in [-0.2, 0) is 11.8 Å². The minimum Gasteiger partial charge on any atom is -0.497 e. The van der Waals surface area contributed by atoms with Gasteiger partial charge in [-0.1, -0.05) is 6.07 Å². The van der Waals surface area contributed by atoms with E-state index in [1.54, 1.807) is 11.1 Å². The maximum atomic E-state index is 5.69.